The molecule has 0 radical (unpaired) electrons. The van der Waals surface area contributed by atoms with Gasteiger partial charge < -0.3 is 16.4 Å². The van der Waals surface area contributed by atoms with Gasteiger partial charge in [0.25, 0.3) is 5.91 Å². The molecule has 5 nitrogen and oxygen atoms in total. The summed E-state index contributed by atoms with van der Waals surface area (Å²) in [5.74, 6) is -0.0502. The fourth-order valence-corrected chi connectivity index (χ4v) is 2.89. The first-order valence-electron chi connectivity index (χ1n) is 6.63. The van der Waals surface area contributed by atoms with Gasteiger partial charge in [-0.05, 0) is 37.5 Å². The van der Waals surface area contributed by atoms with E-state index in [1.165, 1.54) is 11.3 Å². The second kappa shape index (κ2) is 5.54. The Hall–Kier alpha value is -1.79. The number of nitrogens with two attached hydrogens (primary N) is 1. The maximum absolute atomic E-state index is 12.3. The van der Waals surface area contributed by atoms with Gasteiger partial charge in [-0.15, -0.1) is 0 Å². The molecule has 7 heteroatoms. The van der Waals surface area contributed by atoms with Crippen molar-refractivity contribution in [3.8, 4) is 0 Å². The number of halogens is 1. The average Bonchev–Trinajstić information content (AvgIpc) is 3.16. The van der Waals surface area contributed by atoms with E-state index in [0.717, 1.165) is 18.4 Å². The molecule has 0 aliphatic heterocycles. The van der Waals surface area contributed by atoms with Crippen molar-refractivity contribution in [3.05, 3.63) is 33.7 Å². The Morgan fingerprint density at radius 3 is 2.95 bits per heavy atom. The van der Waals surface area contributed by atoms with E-state index >= 15 is 0 Å². The van der Waals surface area contributed by atoms with E-state index in [-0.39, 0.29) is 11.7 Å². The highest BCUT2D eigenvalue weighted by molar-refractivity contribution is 7.18. The summed E-state index contributed by atoms with van der Waals surface area (Å²) in [6, 6.07) is 5.93. The molecule has 2 aromatic rings. The number of hydrogen-bond acceptors (Lipinski definition) is 5. The zero-order valence-corrected chi connectivity index (χ0v) is 13.0. The molecule has 1 aromatic carbocycles. The molecule has 0 atom stereocenters. The molecule has 21 heavy (non-hydrogen) atoms. The van der Waals surface area contributed by atoms with Crippen molar-refractivity contribution in [1.82, 2.24) is 4.98 Å². The van der Waals surface area contributed by atoms with Gasteiger partial charge in [0.1, 0.15) is 10.7 Å². The molecule has 1 aromatic heterocycles. The molecule has 0 unspecified atom stereocenters. The lowest BCUT2D eigenvalue weighted by atomic mass is 10.2. The first kappa shape index (κ1) is 14.2. The van der Waals surface area contributed by atoms with E-state index < -0.39 is 0 Å². The number of carbonyl (C=O) groups is 1. The Labute approximate surface area is 131 Å². The molecule has 0 spiro atoms. The molecule has 0 bridgehead atoms. The predicted molar refractivity (Wildman–Crippen MR) is 87.3 cm³/mol. The van der Waals surface area contributed by atoms with Crippen molar-refractivity contribution in [2.75, 3.05) is 16.4 Å². The van der Waals surface area contributed by atoms with Gasteiger partial charge >= 0.3 is 0 Å². The van der Waals surface area contributed by atoms with E-state index in [1.54, 1.807) is 6.07 Å². The van der Waals surface area contributed by atoms with Crippen molar-refractivity contribution in [3.63, 3.8) is 0 Å². The van der Waals surface area contributed by atoms with Gasteiger partial charge in [0, 0.05) is 6.04 Å². The summed E-state index contributed by atoms with van der Waals surface area (Å²) in [5, 5.41) is 7.20. The number of aryl methyl sites for hydroxylation is 1. The Morgan fingerprint density at radius 1 is 1.48 bits per heavy atom. The fourth-order valence-electron chi connectivity index (χ4n) is 1.87. The maximum atomic E-state index is 12.3. The SMILES string of the molecule is Cc1ccc(Cl)c(NC(=O)c2sc(NC3CC3)nc2N)c1. The normalized spacial score (nSPS) is 14.0. The number of nitrogens with zero attached hydrogens (tertiary/aromatic N) is 1. The molecule has 1 amide bonds. The lowest BCUT2D eigenvalue weighted by Gasteiger charge is -2.07. The van der Waals surface area contributed by atoms with Crippen LogP contribution in [0.25, 0.3) is 0 Å². The van der Waals surface area contributed by atoms with Crippen LogP contribution in [0.5, 0.6) is 0 Å². The Morgan fingerprint density at radius 2 is 2.24 bits per heavy atom. The van der Waals surface area contributed by atoms with Crippen LogP contribution < -0.4 is 16.4 Å². The summed E-state index contributed by atoms with van der Waals surface area (Å²) in [7, 11) is 0. The second-order valence-corrected chi connectivity index (χ2v) is 6.50. The fraction of sp³-hybridized carbons (Fsp3) is 0.286. The predicted octanol–water partition coefficient (Wildman–Crippen LogP) is 3.51. The second-order valence-electron chi connectivity index (χ2n) is 5.09. The number of amides is 1. The van der Waals surface area contributed by atoms with Crippen LogP contribution >= 0.6 is 22.9 Å². The van der Waals surface area contributed by atoms with E-state index in [0.29, 0.717) is 26.8 Å². The number of nitrogen functional groups attached to an aromatic ring is 1. The molecule has 1 heterocycles. The standard InChI is InChI=1S/C14H15ClN4OS/c1-7-2-5-9(15)10(6-7)18-13(20)11-12(16)19-14(21-11)17-8-3-4-8/h2,5-6,8H,3-4,16H2,1H3,(H,17,19)(H,18,20). The monoisotopic (exact) mass is 322 g/mol. The van der Waals surface area contributed by atoms with Gasteiger partial charge in [-0.25, -0.2) is 4.98 Å². The van der Waals surface area contributed by atoms with Crippen molar-refractivity contribution in [1.29, 1.82) is 0 Å². The number of rotatable bonds is 4. The number of thiazole rings is 1. The summed E-state index contributed by atoms with van der Waals surface area (Å²) in [6.07, 6.45) is 2.28. The maximum Gasteiger partial charge on any atom is 0.269 e. The van der Waals surface area contributed by atoms with E-state index in [1.807, 2.05) is 19.1 Å². The molecule has 3 rings (SSSR count). The summed E-state index contributed by atoms with van der Waals surface area (Å²) >= 11 is 7.34. The highest BCUT2D eigenvalue weighted by Crippen LogP contribution is 2.31. The number of carbonyl (C=O) groups excluding carboxylic acids is 1. The summed E-state index contributed by atoms with van der Waals surface area (Å²) < 4.78 is 0. The zero-order valence-electron chi connectivity index (χ0n) is 11.4. The van der Waals surface area contributed by atoms with Gasteiger partial charge in [0.15, 0.2) is 5.13 Å². The van der Waals surface area contributed by atoms with E-state index in [2.05, 4.69) is 15.6 Å². The summed E-state index contributed by atoms with van der Waals surface area (Å²) in [4.78, 5) is 16.9. The lowest BCUT2D eigenvalue weighted by Crippen LogP contribution is -2.12. The minimum Gasteiger partial charge on any atom is -0.382 e. The van der Waals surface area contributed by atoms with Crippen molar-refractivity contribution in [2.45, 2.75) is 25.8 Å². The molecule has 110 valence electrons. The third kappa shape index (κ3) is 3.28. The summed E-state index contributed by atoms with van der Waals surface area (Å²) in [5.41, 5.74) is 7.42. The Bertz CT molecular complexity index is 696. The molecule has 1 aliphatic carbocycles. The minimum absolute atomic E-state index is 0.240. The first-order chi connectivity index (χ1) is 10.0. The number of benzene rings is 1. The van der Waals surface area contributed by atoms with Crippen LogP contribution in [0.2, 0.25) is 5.02 Å². The molecule has 1 fully saturated rings. The highest BCUT2D eigenvalue weighted by Gasteiger charge is 2.24. The third-order valence-corrected chi connectivity index (χ3v) is 4.47. The van der Waals surface area contributed by atoms with Crippen LogP contribution in [0.4, 0.5) is 16.6 Å². The number of nitrogens with one attached hydrogen (secondary N) is 2. The molecule has 0 saturated heterocycles. The first-order valence-corrected chi connectivity index (χ1v) is 7.82. The van der Waals surface area contributed by atoms with Gasteiger partial charge in [-0.1, -0.05) is 29.0 Å². The quantitative estimate of drug-likeness (QED) is 0.804. The number of anilines is 3. The van der Waals surface area contributed by atoms with E-state index in [9.17, 15) is 4.79 Å². The van der Waals surface area contributed by atoms with Gasteiger partial charge in [-0.3, -0.25) is 4.79 Å². The molecular weight excluding hydrogens is 308 g/mol. The number of aromatic nitrogens is 1. The largest absolute Gasteiger partial charge is 0.382 e. The molecule has 1 saturated carbocycles. The van der Waals surface area contributed by atoms with Crippen molar-refractivity contribution >= 4 is 45.5 Å². The van der Waals surface area contributed by atoms with Crippen LogP contribution in [0.15, 0.2) is 18.2 Å². The van der Waals surface area contributed by atoms with E-state index in [4.69, 9.17) is 17.3 Å². The summed E-state index contributed by atoms with van der Waals surface area (Å²) in [6.45, 7) is 1.94. The van der Waals surface area contributed by atoms with Gasteiger partial charge in [0.05, 0.1) is 10.7 Å². The van der Waals surface area contributed by atoms with Gasteiger partial charge in [-0.2, -0.15) is 0 Å². The lowest BCUT2D eigenvalue weighted by molar-refractivity contribution is 0.103. The smallest absolute Gasteiger partial charge is 0.269 e. The molecular formula is C14H15ClN4OS. The topological polar surface area (TPSA) is 80.0 Å². The zero-order chi connectivity index (χ0) is 15.0. The average molecular weight is 323 g/mol. The van der Waals surface area contributed by atoms with Crippen LogP contribution in [0.1, 0.15) is 28.1 Å². The molecule has 1 aliphatic rings. The Balaban J connectivity index is 1.78. The van der Waals surface area contributed by atoms with Crippen LogP contribution in [-0.4, -0.2) is 16.9 Å². The van der Waals surface area contributed by atoms with Crippen LogP contribution in [0.3, 0.4) is 0 Å². The Kier molecular flexibility index (Phi) is 3.73. The highest BCUT2D eigenvalue weighted by atomic mass is 35.5. The minimum atomic E-state index is -0.290. The molecule has 4 N–H and O–H groups in total. The van der Waals surface area contributed by atoms with Crippen molar-refractivity contribution in [2.24, 2.45) is 0 Å². The van der Waals surface area contributed by atoms with Gasteiger partial charge in [0.2, 0.25) is 0 Å². The van der Waals surface area contributed by atoms with Crippen LogP contribution in [0, 0.1) is 6.92 Å². The number of hydrogen-bond donors (Lipinski definition) is 3. The van der Waals surface area contributed by atoms with Crippen LogP contribution in [-0.2, 0) is 0 Å². The van der Waals surface area contributed by atoms with Crippen molar-refractivity contribution < 1.29 is 4.79 Å². The third-order valence-electron chi connectivity index (χ3n) is 3.13.